The summed E-state index contributed by atoms with van der Waals surface area (Å²) in [5, 5.41) is 12.2. The minimum atomic E-state index is -0.310. The lowest BCUT2D eigenvalue weighted by Crippen LogP contribution is -2.32. The third kappa shape index (κ3) is 3.65. The first-order valence-electron chi connectivity index (χ1n) is 10.5. The van der Waals surface area contributed by atoms with Gasteiger partial charge in [-0.3, -0.25) is 19.3 Å². The van der Waals surface area contributed by atoms with E-state index in [9.17, 15) is 14.4 Å². The molecule has 1 aromatic heterocycles. The number of ketones is 1. The van der Waals surface area contributed by atoms with Crippen LogP contribution in [0.1, 0.15) is 60.9 Å². The van der Waals surface area contributed by atoms with Crippen LogP contribution in [0, 0.1) is 0 Å². The molecule has 2 amide bonds. The molecule has 0 N–H and O–H groups in total. The minimum Gasteiger partial charge on any atom is -0.292 e. The normalized spacial score (nSPS) is 15.2. The quantitative estimate of drug-likeness (QED) is 0.452. The molecule has 2 heterocycles. The number of aromatic nitrogens is 4. The number of fused-ring (bicyclic) bond motifs is 2. The second-order valence-corrected chi connectivity index (χ2v) is 7.91. The van der Waals surface area contributed by atoms with Crippen LogP contribution in [0.3, 0.4) is 0 Å². The van der Waals surface area contributed by atoms with E-state index in [0.29, 0.717) is 22.5 Å². The molecule has 2 aromatic carbocycles. The molecule has 0 spiro atoms. The van der Waals surface area contributed by atoms with E-state index in [2.05, 4.69) is 15.4 Å². The van der Waals surface area contributed by atoms with Crippen molar-refractivity contribution in [2.75, 3.05) is 6.54 Å². The Morgan fingerprint density at radius 2 is 1.65 bits per heavy atom. The smallest absolute Gasteiger partial charge is 0.261 e. The summed E-state index contributed by atoms with van der Waals surface area (Å²) in [6.07, 6.45) is 4.72. The van der Waals surface area contributed by atoms with Gasteiger partial charge in [0.05, 0.1) is 11.1 Å². The number of carbonyl (C=O) groups excluding carboxylic acids is 3. The Morgan fingerprint density at radius 3 is 2.39 bits per heavy atom. The van der Waals surface area contributed by atoms with E-state index in [1.165, 1.54) is 27.2 Å². The van der Waals surface area contributed by atoms with E-state index >= 15 is 0 Å². The molecule has 1 aliphatic carbocycles. The van der Waals surface area contributed by atoms with Gasteiger partial charge < -0.3 is 0 Å². The fraction of sp³-hybridized carbons (Fsp3) is 0.304. The van der Waals surface area contributed by atoms with E-state index in [4.69, 9.17) is 0 Å². The number of nitrogens with zero attached hydrogens (tertiary/aromatic N) is 5. The van der Waals surface area contributed by atoms with Crippen LogP contribution in [0.25, 0.3) is 0 Å². The summed E-state index contributed by atoms with van der Waals surface area (Å²) in [6.45, 7) is 0.162. The third-order valence-corrected chi connectivity index (χ3v) is 5.89. The number of rotatable bonds is 6. The zero-order chi connectivity index (χ0) is 21.4. The lowest BCUT2D eigenvalue weighted by Gasteiger charge is -2.16. The fourth-order valence-corrected chi connectivity index (χ4v) is 4.22. The van der Waals surface area contributed by atoms with Crippen LogP contribution in [0.15, 0.2) is 42.5 Å². The zero-order valence-corrected chi connectivity index (χ0v) is 17.0. The first-order chi connectivity index (χ1) is 15.1. The molecule has 0 radical (unpaired) electrons. The fourth-order valence-electron chi connectivity index (χ4n) is 4.22. The van der Waals surface area contributed by atoms with Crippen molar-refractivity contribution in [2.24, 2.45) is 0 Å². The van der Waals surface area contributed by atoms with Crippen molar-refractivity contribution in [3.8, 4) is 0 Å². The molecule has 2 aliphatic rings. The number of hydrogen-bond acceptors (Lipinski definition) is 6. The Hall–Kier alpha value is -3.68. The predicted molar refractivity (Wildman–Crippen MR) is 111 cm³/mol. The lowest BCUT2D eigenvalue weighted by molar-refractivity contribution is 0.0655. The molecule has 3 aromatic rings. The second kappa shape index (κ2) is 7.86. The predicted octanol–water partition coefficient (Wildman–Crippen LogP) is 2.27. The molecule has 8 nitrogen and oxygen atoms in total. The van der Waals surface area contributed by atoms with Gasteiger partial charge in [-0.1, -0.05) is 24.3 Å². The van der Waals surface area contributed by atoms with Crippen molar-refractivity contribution < 1.29 is 14.4 Å². The molecule has 1 aliphatic heterocycles. The van der Waals surface area contributed by atoms with Gasteiger partial charge in [-0.15, -0.1) is 10.2 Å². The van der Waals surface area contributed by atoms with E-state index in [1.807, 2.05) is 18.2 Å². The van der Waals surface area contributed by atoms with Crippen molar-refractivity contribution in [3.05, 3.63) is 76.1 Å². The molecular weight excluding hydrogens is 394 g/mol. The van der Waals surface area contributed by atoms with Crippen LogP contribution >= 0.6 is 0 Å². The molecule has 0 atom stereocenters. The maximum absolute atomic E-state index is 12.7. The van der Waals surface area contributed by atoms with Gasteiger partial charge in [-0.05, 0) is 60.2 Å². The van der Waals surface area contributed by atoms with Gasteiger partial charge in [0.1, 0.15) is 6.54 Å². The molecule has 0 saturated carbocycles. The van der Waals surface area contributed by atoms with Crippen molar-refractivity contribution in [2.45, 2.75) is 38.6 Å². The SMILES string of the molecule is O=C(Cn1nnc(CCN2C(=O)c3ccccc3C2=O)n1)c1ccc2c(c1)CCCC2. The minimum absolute atomic E-state index is 0.00119. The van der Waals surface area contributed by atoms with Gasteiger partial charge in [-0.2, -0.15) is 4.80 Å². The molecule has 0 saturated heterocycles. The Bertz CT molecular complexity index is 1160. The van der Waals surface area contributed by atoms with Gasteiger partial charge >= 0.3 is 0 Å². The standard InChI is InChI=1S/C23H21N5O3/c29-20(17-10-9-15-5-1-2-6-16(15)13-17)14-28-25-21(24-26-28)11-12-27-22(30)18-7-3-4-8-19(18)23(27)31/h3-4,7-10,13H,1-2,5-6,11-12,14H2. The number of Topliss-reactive ketones (excluding diaryl/α,β-unsaturated/α-hetero) is 1. The van der Waals surface area contributed by atoms with Crippen molar-refractivity contribution in [1.29, 1.82) is 0 Å². The van der Waals surface area contributed by atoms with Crippen LogP contribution in [0.4, 0.5) is 0 Å². The van der Waals surface area contributed by atoms with E-state index in [0.717, 1.165) is 19.3 Å². The Kier molecular flexibility index (Phi) is 4.89. The monoisotopic (exact) mass is 415 g/mol. The van der Waals surface area contributed by atoms with Crippen LogP contribution in [-0.4, -0.2) is 49.2 Å². The number of imide groups is 1. The zero-order valence-electron chi connectivity index (χ0n) is 17.0. The maximum atomic E-state index is 12.7. The van der Waals surface area contributed by atoms with Crippen molar-refractivity contribution >= 4 is 17.6 Å². The molecule has 31 heavy (non-hydrogen) atoms. The average Bonchev–Trinajstić information content (AvgIpc) is 3.34. The van der Waals surface area contributed by atoms with Crippen LogP contribution in [0.5, 0.6) is 0 Å². The maximum Gasteiger partial charge on any atom is 0.261 e. The number of aryl methyl sites for hydroxylation is 2. The summed E-state index contributed by atoms with van der Waals surface area (Å²) >= 11 is 0. The van der Waals surface area contributed by atoms with E-state index in [-0.39, 0.29) is 37.1 Å². The summed E-state index contributed by atoms with van der Waals surface area (Å²) in [5.74, 6) is -0.307. The van der Waals surface area contributed by atoms with E-state index < -0.39 is 0 Å². The summed E-state index contributed by atoms with van der Waals surface area (Å²) in [7, 11) is 0. The largest absolute Gasteiger partial charge is 0.292 e. The number of carbonyl (C=O) groups is 3. The molecule has 0 fully saturated rings. The summed E-state index contributed by atoms with van der Waals surface area (Å²) in [6, 6.07) is 12.7. The molecule has 0 unspecified atom stereocenters. The topological polar surface area (TPSA) is 98.0 Å². The Balaban J connectivity index is 1.21. The highest BCUT2D eigenvalue weighted by molar-refractivity contribution is 6.21. The van der Waals surface area contributed by atoms with Gasteiger partial charge in [-0.25, -0.2) is 0 Å². The van der Waals surface area contributed by atoms with Gasteiger partial charge in [0.15, 0.2) is 11.6 Å². The third-order valence-electron chi connectivity index (χ3n) is 5.89. The first kappa shape index (κ1) is 19.3. The van der Waals surface area contributed by atoms with Crippen molar-refractivity contribution in [1.82, 2.24) is 25.1 Å². The van der Waals surface area contributed by atoms with Crippen LogP contribution in [-0.2, 0) is 25.8 Å². The summed E-state index contributed by atoms with van der Waals surface area (Å²) in [4.78, 5) is 40.0. The van der Waals surface area contributed by atoms with E-state index in [1.54, 1.807) is 24.3 Å². The molecule has 8 heteroatoms. The van der Waals surface area contributed by atoms with Crippen LogP contribution < -0.4 is 0 Å². The van der Waals surface area contributed by atoms with Gasteiger partial charge in [0.2, 0.25) is 0 Å². The number of benzene rings is 2. The highest BCUT2D eigenvalue weighted by atomic mass is 16.2. The van der Waals surface area contributed by atoms with Crippen LogP contribution in [0.2, 0.25) is 0 Å². The molecule has 5 rings (SSSR count). The average molecular weight is 415 g/mol. The first-order valence-corrected chi connectivity index (χ1v) is 10.5. The van der Waals surface area contributed by atoms with Crippen molar-refractivity contribution in [3.63, 3.8) is 0 Å². The highest BCUT2D eigenvalue weighted by Gasteiger charge is 2.34. The summed E-state index contributed by atoms with van der Waals surface area (Å²) < 4.78 is 0. The van der Waals surface area contributed by atoms with Gasteiger partial charge in [0.25, 0.3) is 11.8 Å². The second-order valence-electron chi connectivity index (χ2n) is 7.91. The highest BCUT2D eigenvalue weighted by Crippen LogP contribution is 2.23. The molecule has 156 valence electrons. The lowest BCUT2D eigenvalue weighted by atomic mass is 9.90. The number of tetrazole rings is 1. The number of hydrogen-bond donors (Lipinski definition) is 0. The Labute approximate surface area is 178 Å². The Morgan fingerprint density at radius 1 is 0.935 bits per heavy atom. The summed E-state index contributed by atoms with van der Waals surface area (Å²) in [5.41, 5.74) is 4.08. The molecule has 0 bridgehead atoms. The van der Waals surface area contributed by atoms with Gasteiger partial charge in [0, 0.05) is 18.5 Å². The molecular formula is C23H21N5O3. The number of amides is 2.